The van der Waals surface area contributed by atoms with Crippen LogP contribution in [0.3, 0.4) is 0 Å². The Kier molecular flexibility index (Phi) is 4.94. The summed E-state index contributed by atoms with van der Waals surface area (Å²) in [5, 5.41) is 22.7. The van der Waals surface area contributed by atoms with Crippen molar-refractivity contribution in [2.24, 2.45) is 0 Å². The lowest BCUT2D eigenvalue weighted by Crippen LogP contribution is -2.08. The standard InChI is InChI=1S/C16H12BrN5O3/c17-13-5-1-11(2-6-13)15(23)9-10-21-19-16(18-20-21)12-3-7-14(8-4-12)22(24)25/h1-8H,9-10H2. The summed E-state index contributed by atoms with van der Waals surface area (Å²) in [5.74, 6) is 0.340. The van der Waals surface area contributed by atoms with Crippen molar-refractivity contribution in [2.45, 2.75) is 13.0 Å². The van der Waals surface area contributed by atoms with Gasteiger partial charge in [-0.05, 0) is 29.5 Å². The molecule has 3 aromatic rings. The quantitative estimate of drug-likeness (QED) is 0.356. The van der Waals surface area contributed by atoms with Gasteiger partial charge in [-0.1, -0.05) is 28.1 Å². The zero-order valence-corrected chi connectivity index (χ0v) is 14.5. The number of nitro benzene ring substituents is 1. The molecule has 8 nitrogen and oxygen atoms in total. The predicted molar refractivity (Wildman–Crippen MR) is 93.0 cm³/mol. The van der Waals surface area contributed by atoms with Crippen LogP contribution in [0.5, 0.6) is 0 Å². The molecule has 9 heteroatoms. The number of benzene rings is 2. The Morgan fingerprint density at radius 3 is 2.44 bits per heavy atom. The van der Waals surface area contributed by atoms with Gasteiger partial charge in [0.25, 0.3) is 5.69 Å². The van der Waals surface area contributed by atoms with Gasteiger partial charge in [0.2, 0.25) is 5.82 Å². The van der Waals surface area contributed by atoms with Crippen molar-refractivity contribution in [2.75, 3.05) is 0 Å². The highest BCUT2D eigenvalue weighted by Gasteiger charge is 2.11. The number of ketones is 1. The summed E-state index contributed by atoms with van der Waals surface area (Å²) in [7, 11) is 0. The molecule has 2 aromatic carbocycles. The maximum absolute atomic E-state index is 12.1. The summed E-state index contributed by atoms with van der Waals surface area (Å²) < 4.78 is 0.912. The number of Topliss-reactive ketones (excluding diaryl/α,β-unsaturated/α-hetero) is 1. The summed E-state index contributed by atoms with van der Waals surface area (Å²) in [6.07, 6.45) is 0.248. The van der Waals surface area contributed by atoms with Crippen molar-refractivity contribution >= 4 is 27.4 Å². The van der Waals surface area contributed by atoms with E-state index in [-0.39, 0.29) is 17.9 Å². The zero-order chi connectivity index (χ0) is 17.8. The van der Waals surface area contributed by atoms with E-state index in [9.17, 15) is 14.9 Å². The fourth-order valence-corrected chi connectivity index (χ4v) is 2.43. The maximum atomic E-state index is 12.1. The molecule has 0 N–H and O–H groups in total. The number of carbonyl (C=O) groups is 1. The summed E-state index contributed by atoms with van der Waals surface area (Å²) in [6.45, 7) is 0.300. The number of carbonyl (C=O) groups excluding carboxylic acids is 1. The number of hydrogen-bond acceptors (Lipinski definition) is 6. The van der Waals surface area contributed by atoms with E-state index in [1.807, 2.05) is 12.1 Å². The first-order valence-electron chi connectivity index (χ1n) is 7.34. The van der Waals surface area contributed by atoms with Crippen molar-refractivity contribution in [3.63, 3.8) is 0 Å². The van der Waals surface area contributed by atoms with Crippen LogP contribution < -0.4 is 0 Å². The van der Waals surface area contributed by atoms with Crippen molar-refractivity contribution in [3.8, 4) is 11.4 Å². The normalized spacial score (nSPS) is 10.6. The minimum atomic E-state index is -0.470. The molecule has 0 bridgehead atoms. The van der Waals surface area contributed by atoms with Gasteiger partial charge in [-0.2, -0.15) is 4.80 Å². The van der Waals surface area contributed by atoms with E-state index in [1.165, 1.54) is 16.9 Å². The molecule has 0 fully saturated rings. The van der Waals surface area contributed by atoms with Gasteiger partial charge < -0.3 is 0 Å². The van der Waals surface area contributed by atoms with Gasteiger partial charge >= 0.3 is 0 Å². The zero-order valence-electron chi connectivity index (χ0n) is 12.9. The number of tetrazole rings is 1. The fraction of sp³-hybridized carbons (Fsp3) is 0.125. The van der Waals surface area contributed by atoms with E-state index in [2.05, 4.69) is 31.3 Å². The second-order valence-electron chi connectivity index (χ2n) is 5.19. The van der Waals surface area contributed by atoms with Crippen LogP contribution >= 0.6 is 15.9 Å². The average Bonchev–Trinajstić information content (AvgIpc) is 3.09. The van der Waals surface area contributed by atoms with Gasteiger partial charge in [-0.15, -0.1) is 10.2 Å². The van der Waals surface area contributed by atoms with Crippen LogP contribution in [0.4, 0.5) is 5.69 Å². The molecule has 0 aliphatic carbocycles. The highest BCUT2D eigenvalue weighted by molar-refractivity contribution is 9.10. The lowest BCUT2D eigenvalue weighted by molar-refractivity contribution is -0.384. The van der Waals surface area contributed by atoms with E-state index in [0.29, 0.717) is 23.5 Å². The number of nitrogens with zero attached hydrogens (tertiary/aromatic N) is 5. The van der Waals surface area contributed by atoms with Crippen LogP contribution in [0.1, 0.15) is 16.8 Å². The van der Waals surface area contributed by atoms with Gasteiger partial charge in [-0.25, -0.2) is 0 Å². The van der Waals surface area contributed by atoms with E-state index < -0.39 is 4.92 Å². The Morgan fingerprint density at radius 2 is 1.80 bits per heavy atom. The molecule has 0 saturated heterocycles. The number of nitro groups is 1. The molecule has 0 aliphatic rings. The second-order valence-corrected chi connectivity index (χ2v) is 6.11. The summed E-state index contributed by atoms with van der Waals surface area (Å²) >= 11 is 3.33. The summed E-state index contributed by atoms with van der Waals surface area (Å²) in [6, 6.07) is 13.0. The van der Waals surface area contributed by atoms with E-state index >= 15 is 0 Å². The largest absolute Gasteiger partial charge is 0.294 e. The minimum Gasteiger partial charge on any atom is -0.294 e. The highest BCUT2D eigenvalue weighted by atomic mass is 79.9. The Hall–Kier alpha value is -2.94. The molecular formula is C16H12BrN5O3. The molecule has 126 valence electrons. The average molecular weight is 402 g/mol. The van der Waals surface area contributed by atoms with Crippen LogP contribution in [0.25, 0.3) is 11.4 Å². The van der Waals surface area contributed by atoms with E-state index in [1.54, 1.807) is 24.3 Å². The number of aryl methyl sites for hydroxylation is 1. The van der Waals surface area contributed by atoms with Gasteiger partial charge in [0.15, 0.2) is 5.78 Å². The molecule has 0 saturated carbocycles. The van der Waals surface area contributed by atoms with Crippen molar-refractivity contribution in [3.05, 3.63) is 68.7 Å². The SMILES string of the molecule is O=C(CCn1nnc(-c2ccc([N+](=O)[O-])cc2)n1)c1ccc(Br)cc1. The predicted octanol–water partition coefficient (Wildman–Crippen LogP) is 3.28. The van der Waals surface area contributed by atoms with Crippen molar-refractivity contribution in [1.29, 1.82) is 0 Å². The summed E-state index contributed by atoms with van der Waals surface area (Å²) in [4.78, 5) is 23.7. The monoisotopic (exact) mass is 401 g/mol. The lowest BCUT2D eigenvalue weighted by atomic mass is 10.1. The molecule has 0 aliphatic heterocycles. The smallest absolute Gasteiger partial charge is 0.269 e. The highest BCUT2D eigenvalue weighted by Crippen LogP contribution is 2.18. The first kappa shape index (κ1) is 16.9. The maximum Gasteiger partial charge on any atom is 0.269 e. The molecule has 1 heterocycles. The summed E-state index contributed by atoms with van der Waals surface area (Å²) in [5.41, 5.74) is 1.24. The van der Waals surface area contributed by atoms with Gasteiger partial charge in [-0.3, -0.25) is 14.9 Å². The van der Waals surface area contributed by atoms with E-state index in [4.69, 9.17) is 0 Å². The first-order valence-corrected chi connectivity index (χ1v) is 8.13. The third-order valence-corrected chi connectivity index (χ3v) is 4.02. The van der Waals surface area contributed by atoms with Crippen LogP contribution in [-0.4, -0.2) is 30.9 Å². The molecule has 0 atom stereocenters. The molecule has 1 aromatic heterocycles. The molecule has 0 radical (unpaired) electrons. The Morgan fingerprint density at radius 1 is 1.12 bits per heavy atom. The number of hydrogen-bond donors (Lipinski definition) is 0. The van der Waals surface area contributed by atoms with E-state index in [0.717, 1.165) is 4.47 Å². The van der Waals surface area contributed by atoms with Crippen molar-refractivity contribution < 1.29 is 9.72 Å². The molecule has 0 amide bonds. The number of aromatic nitrogens is 4. The molecular weight excluding hydrogens is 390 g/mol. The number of halogens is 1. The van der Waals surface area contributed by atoms with Crippen LogP contribution in [0, 0.1) is 10.1 Å². The van der Waals surface area contributed by atoms with Gasteiger partial charge in [0, 0.05) is 34.2 Å². The van der Waals surface area contributed by atoms with Gasteiger partial charge in [0.05, 0.1) is 11.5 Å². The molecule has 25 heavy (non-hydrogen) atoms. The Bertz CT molecular complexity index is 906. The Labute approximate surface area is 150 Å². The first-order chi connectivity index (χ1) is 12.0. The molecule has 3 rings (SSSR count). The fourth-order valence-electron chi connectivity index (χ4n) is 2.17. The van der Waals surface area contributed by atoms with Crippen LogP contribution in [0.15, 0.2) is 53.0 Å². The third kappa shape index (κ3) is 4.13. The third-order valence-electron chi connectivity index (χ3n) is 3.49. The van der Waals surface area contributed by atoms with Crippen molar-refractivity contribution in [1.82, 2.24) is 20.2 Å². The molecule has 0 unspecified atom stereocenters. The second kappa shape index (κ2) is 7.31. The number of non-ortho nitro benzene ring substituents is 1. The minimum absolute atomic E-state index is 0.00348. The molecule has 0 spiro atoms. The van der Waals surface area contributed by atoms with Crippen LogP contribution in [-0.2, 0) is 6.54 Å². The number of rotatable bonds is 6. The topological polar surface area (TPSA) is 104 Å². The lowest BCUT2D eigenvalue weighted by Gasteiger charge is -2.00. The van der Waals surface area contributed by atoms with Crippen LogP contribution in [0.2, 0.25) is 0 Å². The Balaban J connectivity index is 1.64. The van der Waals surface area contributed by atoms with Gasteiger partial charge in [0.1, 0.15) is 0 Å².